The van der Waals surface area contributed by atoms with Crippen LogP contribution in [0.15, 0.2) is 48.5 Å². The fourth-order valence-electron chi connectivity index (χ4n) is 3.07. The van der Waals surface area contributed by atoms with E-state index in [0.29, 0.717) is 6.54 Å². The zero-order valence-corrected chi connectivity index (χ0v) is 15.9. The minimum atomic E-state index is 0.141. The van der Waals surface area contributed by atoms with Crippen LogP contribution in [0.2, 0.25) is 0 Å². The van der Waals surface area contributed by atoms with Crippen molar-refractivity contribution >= 4 is 5.78 Å². The molecule has 3 nitrogen and oxygen atoms in total. The molecule has 1 unspecified atom stereocenters. The topological polar surface area (TPSA) is 32.3 Å². The summed E-state index contributed by atoms with van der Waals surface area (Å²) < 4.78 is 0. The van der Waals surface area contributed by atoms with E-state index in [1.54, 1.807) is 0 Å². The first-order valence-electron chi connectivity index (χ1n) is 9.16. The van der Waals surface area contributed by atoms with Crippen LogP contribution in [0.1, 0.15) is 46.9 Å². The molecule has 1 atom stereocenters. The second-order valence-electron chi connectivity index (χ2n) is 6.57. The van der Waals surface area contributed by atoms with Crippen molar-refractivity contribution in [2.45, 2.75) is 33.7 Å². The predicted molar refractivity (Wildman–Crippen MR) is 105 cm³/mol. The normalized spacial score (nSPS) is 12.4. The molecule has 0 saturated heterocycles. The number of rotatable bonds is 9. The number of nitrogens with zero attached hydrogens (tertiary/aromatic N) is 1. The standard InChI is InChI=1S/C22H30N2O/c1-5-24(6-2)21(19-11-7-17(3)8-12-19)15-23-16-22(25)20-13-9-18(4)10-14-20/h7-14,21,23H,5-6,15-16H2,1-4H3. The van der Waals surface area contributed by atoms with Gasteiger partial charge in [-0.3, -0.25) is 9.69 Å². The molecule has 0 saturated carbocycles. The Morgan fingerprint density at radius 2 is 1.44 bits per heavy atom. The van der Waals surface area contributed by atoms with Gasteiger partial charge in [0.05, 0.1) is 6.54 Å². The van der Waals surface area contributed by atoms with Crippen molar-refractivity contribution in [2.75, 3.05) is 26.2 Å². The molecule has 0 fully saturated rings. The van der Waals surface area contributed by atoms with Gasteiger partial charge in [0.2, 0.25) is 0 Å². The van der Waals surface area contributed by atoms with Crippen molar-refractivity contribution in [2.24, 2.45) is 0 Å². The summed E-state index contributed by atoms with van der Waals surface area (Å²) in [6, 6.07) is 16.8. The number of hydrogen-bond donors (Lipinski definition) is 1. The molecule has 0 spiro atoms. The highest BCUT2D eigenvalue weighted by Gasteiger charge is 2.18. The largest absolute Gasteiger partial charge is 0.308 e. The molecule has 0 bridgehead atoms. The molecule has 0 aliphatic heterocycles. The van der Waals surface area contributed by atoms with Crippen LogP contribution in [0.25, 0.3) is 0 Å². The molecule has 0 heterocycles. The van der Waals surface area contributed by atoms with E-state index in [1.807, 2.05) is 31.2 Å². The number of ketones is 1. The van der Waals surface area contributed by atoms with Crippen LogP contribution in [-0.2, 0) is 0 Å². The number of carbonyl (C=O) groups is 1. The van der Waals surface area contributed by atoms with Crippen LogP contribution < -0.4 is 5.32 Å². The molecule has 2 aromatic rings. The van der Waals surface area contributed by atoms with E-state index in [2.05, 4.69) is 55.3 Å². The van der Waals surface area contributed by atoms with Crippen LogP contribution in [-0.4, -0.2) is 36.9 Å². The summed E-state index contributed by atoms with van der Waals surface area (Å²) in [7, 11) is 0. The third-order valence-corrected chi connectivity index (χ3v) is 4.71. The van der Waals surface area contributed by atoms with Crippen LogP contribution in [0.5, 0.6) is 0 Å². The van der Waals surface area contributed by atoms with E-state index >= 15 is 0 Å². The molecule has 0 amide bonds. The molecule has 2 rings (SSSR count). The highest BCUT2D eigenvalue weighted by Crippen LogP contribution is 2.20. The minimum Gasteiger partial charge on any atom is -0.308 e. The second kappa shape index (κ2) is 9.50. The Hall–Kier alpha value is -1.97. The van der Waals surface area contributed by atoms with E-state index in [4.69, 9.17) is 0 Å². The number of benzene rings is 2. The Morgan fingerprint density at radius 3 is 1.96 bits per heavy atom. The SMILES string of the molecule is CCN(CC)C(CNCC(=O)c1ccc(C)cc1)c1ccc(C)cc1. The van der Waals surface area contributed by atoms with Crippen molar-refractivity contribution in [3.05, 3.63) is 70.8 Å². The number of carbonyl (C=O) groups excluding carboxylic acids is 1. The number of nitrogens with one attached hydrogen (secondary N) is 1. The Labute approximate surface area is 152 Å². The number of hydrogen-bond acceptors (Lipinski definition) is 3. The van der Waals surface area contributed by atoms with Gasteiger partial charge < -0.3 is 5.32 Å². The number of Topliss-reactive ketones (excluding diaryl/α,β-unsaturated/α-hetero) is 1. The molecule has 0 radical (unpaired) electrons. The zero-order chi connectivity index (χ0) is 18.2. The van der Waals surface area contributed by atoms with E-state index in [0.717, 1.165) is 25.2 Å². The molecule has 134 valence electrons. The van der Waals surface area contributed by atoms with Gasteiger partial charge in [0.15, 0.2) is 5.78 Å². The van der Waals surface area contributed by atoms with Crippen molar-refractivity contribution in [3.8, 4) is 0 Å². The lowest BCUT2D eigenvalue weighted by molar-refractivity contribution is 0.0987. The maximum Gasteiger partial charge on any atom is 0.176 e. The van der Waals surface area contributed by atoms with Crippen molar-refractivity contribution in [1.82, 2.24) is 10.2 Å². The molecule has 1 N–H and O–H groups in total. The minimum absolute atomic E-state index is 0.141. The lowest BCUT2D eigenvalue weighted by atomic mass is 10.0. The Bertz CT molecular complexity index is 657. The first kappa shape index (κ1) is 19.4. The van der Waals surface area contributed by atoms with Crippen LogP contribution in [0, 0.1) is 13.8 Å². The second-order valence-corrected chi connectivity index (χ2v) is 6.57. The Kier molecular flexibility index (Phi) is 7.35. The Balaban J connectivity index is 2.00. The van der Waals surface area contributed by atoms with E-state index < -0.39 is 0 Å². The molecule has 25 heavy (non-hydrogen) atoms. The average molecular weight is 338 g/mol. The third-order valence-electron chi connectivity index (χ3n) is 4.71. The monoisotopic (exact) mass is 338 g/mol. The molecule has 3 heteroatoms. The van der Waals surface area contributed by atoms with Crippen molar-refractivity contribution in [1.29, 1.82) is 0 Å². The first-order valence-corrected chi connectivity index (χ1v) is 9.16. The van der Waals surface area contributed by atoms with Gasteiger partial charge >= 0.3 is 0 Å². The van der Waals surface area contributed by atoms with Gasteiger partial charge in [0.1, 0.15) is 0 Å². The van der Waals surface area contributed by atoms with Crippen LogP contribution in [0.3, 0.4) is 0 Å². The maximum atomic E-state index is 12.4. The van der Waals surface area contributed by atoms with Crippen molar-refractivity contribution < 1.29 is 4.79 Å². The van der Waals surface area contributed by atoms with Gasteiger partial charge in [-0.25, -0.2) is 0 Å². The lowest BCUT2D eigenvalue weighted by Gasteiger charge is -2.30. The smallest absolute Gasteiger partial charge is 0.176 e. The third kappa shape index (κ3) is 5.52. The molecule has 2 aromatic carbocycles. The quantitative estimate of drug-likeness (QED) is 0.697. The fraction of sp³-hybridized carbons (Fsp3) is 0.409. The van der Waals surface area contributed by atoms with Gasteiger partial charge in [-0.1, -0.05) is 73.5 Å². The summed E-state index contributed by atoms with van der Waals surface area (Å²) in [6.07, 6.45) is 0. The molecule has 0 aliphatic rings. The lowest BCUT2D eigenvalue weighted by Crippen LogP contribution is -2.37. The fourth-order valence-corrected chi connectivity index (χ4v) is 3.07. The Morgan fingerprint density at radius 1 is 0.920 bits per heavy atom. The van der Waals surface area contributed by atoms with Gasteiger partial charge in [0, 0.05) is 18.2 Å². The van der Waals surface area contributed by atoms with Gasteiger partial charge in [0.25, 0.3) is 0 Å². The summed E-state index contributed by atoms with van der Waals surface area (Å²) in [5.41, 5.74) is 4.51. The summed E-state index contributed by atoms with van der Waals surface area (Å²) in [6.45, 7) is 11.6. The zero-order valence-electron chi connectivity index (χ0n) is 15.9. The summed E-state index contributed by atoms with van der Waals surface area (Å²) in [5, 5.41) is 3.37. The van der Waals surface area contributed by atoms with E-state index in [9.17, 15) is 4.79 Å². The average Bonchev–Trinajstić information content (AvgIpc) is 2.62. The van der Waals surface area contributed by atoms with Crippen molar-refractivity contribution in [3.63, 3.8) is 0 Å². The number of likely N-dealkylation sites (N-methyl/N-ethyl adjacent to an activating group) is 1. The molecular formula is C22H30N2O. The highest BCUT2D eigenvalue weighted by molar-refractivity contribution is 5.97. The van der Waals surface area contributed by atoms with E-state index in [-0.39, 0.29) is 11.8 Å². The first-order chi connectivity index (χ1) is 12.0. The summed E-state index contributed by atoms with van der Waals surface area (Å²) in [4.78, 5) is 14.8. The highest BCUT2D eigenvalue weighted by atomic mass is 16.1. The molecule has 0 aliphatic carbocycles. The summed E-state index contributed by atoms with van der Waals surface area (Å²) >= 11 is 0. The molecular weight excluding hydrogens is 308 g/mol. The van der Waals surface area contributed by atoms with Gasteiger partial charge in [-0.05, 0) is 32.5 Å². The van der Waals surface area contributed by atoms with Gasteiger partial charge in [-0.2, -0.15) is 0 Å². The van der Waals surface area contributed by atoms with Crippen LogP contribution in [0.4, 0.5) is 0 Å². The predicted octanol–water partition coefficient (Wildman–Crippen LogP) is 4.16. The van der Waals surface area contributed by atoms with Crippen LogP contribution >= 0.6 is 0 Å². The maximum absolute atomic E-state index is 12.4. The number of aryl methyl sites for hydroxylation is 2. The van der Waals surface area contributed by atoms with Gasteiger partial charge in [-0.15, -0.1) is 0 Å². The summed E-state index contributed by atoms with van der Waals surface area (Å²) in [5.74, 6) is 0.141. The molecule has 0 aromatic heterocycles. The van der Waals surface area contributed by atoms with E-state index in [1.165, 1.54) is 16.7 Å².